The second-order valence-electron chi connectivity index (χ2n) is 4.03. The van der Waals surface area contributed by atoms with Crippen LogP contribution in [-0.4, -0.2) is 0 Å². The maximum Gasteiger partial charge on any atom is 0.0308 e. The largest absolute Gasteiger partial charge is 0.324 e. The smallest absolute Gasteiger partial charge is 0.0308 e. The zero-order valence-corrected chi connectivity index (χ0v) is 10.2. The van der Waals surface area contributed by atoms with Gasteiger partial charge in [-0.25, -0.2) is 0 Å². The van der Waals surface area contributed by atoms with Crippen LogP contribution >= 0.6 is 11.3 Å². The molecule has 1 heterocycles. The third-order valence-electron chi connectivity index (χ3n) is 3.04. The van der Waals surface area contributed by atoms with Gasteiger partial charge in [0.1, 0.15) is 0 Å². The molecule has 2 heteroatoms. The molecule has 14 heavy (non-hydrogen) atoms. The lowest BCUT2D eigenvalue weighted by Gasteiger charge is -2.18. The van der Waals surface area contributed by atoms with Crippen LogP contribution in [0, 0.1) is 12.8 Å². The summed E-state index contributed by atoms with van der Waals surface area (Å²) in [5.41, 5.74) is 8.90. The van der Waals surface area contributed by atoms with E-state index in [1.807, 2.05) is 0 Å². The molecule has 0 amide bonds. The Kier molecular flexibility index (Phi) is 4.63. The fourth-order valence-electron chi connectivity index (χ4n) is 1.86. The first kappa shape index (κ1) is 11.7. The van der Waals surface area contributed by atoms with Gasteiger partial charge in [0.25, 0.3) is 0 Å². The Morgan fingerprint density at radius 2 is 1.93 bits per heavy atom. The van der Waals surface area contributed by atoms with Gasteiger partial charge in [0.05, 0.1) is 0 Å². The van der Waals surface area contributed by atoms with Crippen molar-refractivity contribution in [3.63, 3.8) is 0 Å². The van der Waals surface area contributed by atoms with Gasteiger partial charge in [-0.1, -0.05) is 26.7 Å². The standard InChI is InChI=1S/C12H21NS/c1-4-10(5-2)6-12(13)11-8-14-7-9(11)3/h7-8,10,12H,4-6,13H2,1-3H3. The summed E-state index contributed by atoms with van der Waals surface area (Å²) in [7, 11) is 0. The molecule has 0 aromatic carbocycles. The molecule has 0 fully saturated rings. The summed E-state index contributed by atoms with van der Waals surface area (Å²) in [4.78, 5) is 0. The van der Waals surface area contributed by atoms with Crippen LogP contribution in [0.25, 0.3) is 0 Å². The Bertz CT molecular complexity index is 263. The number of aryl methyl sites for hydroxylation is 1. The Balaban J connectivity index is 2.58. The molecule has 1 aromatic heterocycles. The molecule has 80 valence electrons. The van der Waals surface area contributed by atoms with Gasteiger partial charge in [-0.15, -0.1) is 0 Å². The molecule has 1 nitrogen and oxygen atoms in total. The van der Waals surface area contributed by atoms with Gasteiger partial charge in [-0.3, -0.25) is 0 Å². The summed E-state index contributed by atoms with van der Waals surface area (Å²) < 4.78 is 0. The number of nitrogens with two attached hydrogens (primary N) is 1. The highest BCUT2D eigenvalue weighted by atomic mass is 32.1. The molecule has 1 aromatic rings. The molecule has 0 bridgehead atoms. The molecule has 0 saturated heterocycles. The van der Waals surface area contributed by atoms with E-state index in [1.165, 1.54) is 24.0 Å². The van der Waals surface area contributed by atoms with Crippen molar-refractivity contribution < 1.29 is 0 Å². The van der Waals surface area contributed by atoms with Crippen molar-refractivity contribution >= 4 is 11.3 Å². The zero-order chi connectivity index (χ0) is 10.6. The van der Waals surface area contributed by atoms with Crippen molar-refractivity contribution in [2.45, 2.75) is 46.1 Å². The van der Waals surface area contributed by atoms with E-state index in [0.717, 1.165) is 12.3 Å². The molecule has 0 aliphatic heterocycles. The number of hydrogen-bond acceptors (Lipinski definition) is 2. The third-order valence-corrected chi connectivity index (χ3v) is 3.92. The van der Waals surface area contributed by atoms with Crippen LogP contribution in [0.15, 0.2) is 10.8 Å². The second-order valence-corrected chi connectivity index (χ2v) is 4.78. The maximum atomic E-state index is 6.20. The van der Waals surface area contributed by atoms with Crippen LogP contribution in [-0.2, 0) is 0 Å². The van der Waals surface area contributed by atoms with Crippen molar-refractivity contribution in [2.75, 3.05) is 0 Å². The van der Waals surface area contributed by atoms with E-state index in [4.69, 9.17) is 5.73 Å². The molecular weight excluding hydrogens is 190 g/mol. The minimum atomic E-state index is 0.242. The van der Waals surface area contributed by atoms with Crippen molar-refractivity contribution in [1.29, 1.82) is 0 Å². The molecule has 1 unspecified atom stereocenters. The summed E-state index contributed by atoms with van der Waals surface area (Å²) in [6.45, 7) is 6.65. The van der Waals surface area contributed by atoms with Gasteiger partial charge < -0.3 is 5.73 Å². The predicted molar refractivity (Wildman–Crippen MR) is 64.7 cm³/mol. The summed E-state index contributed by atoms with van der Waals surface area (Å²) in [5, 5.41) is 4.38. The molecule has 0 aliphatic carbocycles. The van der Waals surface area contributed by atoms with Crippen LogP contribution in [0.1, 0.15) is 50.3 Å². The average molecular weight is 211 g/mol. The Labute approximate surface area is 91.3 Å². The number of thiophene rings is 1. The van der Waals surface area contributed by atoms with Crippen LogP contribution in [0.2, 0.25) is 0 Å². The SMILES string of the molecule is CCC(CC)CC(N)c1cscc1C. The predicted octanol–water partition coefficient (Wildman–Crippen LogP) is 3.88. The summed E-state index contributed by atoms with van der Waals surface area (Å²) in [5.74, 6) is 0.782. The van der Waals surface area contributed by atoms with E-state index >= 15 is 0 Å². The Hall–Kier alpha value is -0.340. The van der Waals surface area contributed by atoms with E-state index in [-0.39, 0.29) is 6.04 Å². The Morgan fingerprint density at radius 3 is 2.36 bits per heavy atom. The molecule has 0 aliphatic rings. The van der Waals surface area contributed by atoms with Gasteiger partial charge >= 0.3 is 0 Å². The highest BCUT2D eigenvalue weighted by Crippen LogP contribution is 2.27. The number of hydrogen-bond donors (Lipinski definition) is 1. The molecule has 2 N–H and O–H groups in total. The normalized spacial score (nSPS) is 13.5. The van der Waals surface area contributed by atoms with Gasteiger partial charge in [0.2, 0.25) is 0 Å². The van der Waals surface area contributed by atoms with Gasteiger partial charge in [0.15, 0.2) is 0 Å². The molecule has 0 radical (unpaired) electrons. The molecule has 0 saturated carbocycles. The molecule has 0 spiro atoms. The fourth-order valence-corrected chi connectivity index (χ4v) is 2.77. The van der Waals surface area contributed by atoms with Crippen LogP contribution in [0.5, 0.6) is 0 Å². The molecule has 1 atom stereocenters. The first-order chi connectivity index (χ1) is 6.69. The first-order valence-corrected chi connectivity index (χ1v) is 6.41. The van der Waals surface area contributed by atoms with E-state index in [9.17, 15) is 0 Å². The van der Waals surface area contributed by atoms with Crippen LogP contribution in [0.3, 0.4) is 0 Å². The first-order valence-electron chi connectivity index (χ1n) is 5.47. The zero-order valence-electron chi connectivity index (χ0n) is 9.42. The lowest BCUT2D eigenvalue weighted by Crippen LogP contribution is -2.15. The van der Waals surface area contributed by atoms with Crippen LogP contribution in [0.4, 0.5) is 0 Å². The maximum absolute atomic E-state index is 6.20. The minimum absolute atomic E-state index is 0.242. The van der Waals surface area contributed by atoms with Gasteiger partial charge in [-0.2, -0.15) is 11.3 Å². The Morgan fingerprint density at radius 1 is 1.29 bits per heavy atom. The van der Waals surface area contributed by atoms with E-state index < -0.39 is 0 Å². The molecule has 1 rings (SSSR count). The van der Waals surface area contributed by atoms with Gasteiger partial charge in [0, 0.05) is 6.04 Å². The van der Waals surface area contributed by atoms with Crippen molar-refractivity contribution in [1.82, 2.24) is 0 Å². The quantitative estimate of drug-likeness (QED) is 0.786. The summed E-state index contributed by atoms with van der Waals surface area (Å²) in [6.07, 6.45) is 3.62. The summed E-state index contributed by atoms with van der Waals surface area (Å²) in [6, 6.07) is 0.242. The van der Waals surface area contributed by atoms with Crippen molar-refractivity contribution in [2.24, 2.45) is 11.7 Å². The fraction of sp³-hybridized carbons (Fsp3) is 0.667. The van der Waals surface area contributed by atoms with Crippen molar-refractivity contribution in [3.05, 3.63) is 21.9 Å². The van der Waals surface area contributed by atoms with E-state index in [2.05, 4.69) is 31.5 Å². The van der Waals surface area contributed by atoms with Crippen molar-refractivity contribution in [3.8, 4) is 0 Å². The average Bonchev–Trinajstić information content (AvgIpc) is 2.60. The third kappa shape index (κ3) is 2.82. The highest BCUT2D eigenvalue weighted by Gasteiger charge is 2.14. The van der Waals surface area contributed by atoms with E-state index in [0.29, 0.717) is 0 Å². The lowest BCUT2D eigenvalue weighted by molar-refractivity contribution is 0.414. The lowest BCUT2D eigenvalue weighted by atomic mass is 9.91. The monoisotopic (exact) mass is 211 g/mol. The van der Waals surface area contributed by atoms with E-state index in [1.54, 1.807) is 11.3 Å². The molecular formula is C12H21NS. The highest BCUT2D eigenvalue weighted by molar-refractivity contribution is 7.08. The topological polar surface area (TPSA) is 26.0 Å². The minimum Gasteiger partial charge on any atom is -0.324 e. The van der Waals surface area contributed by atoms with Gasteiger partial charge in [-0.05, 0) is 41.1 Å². The summed E-state index contributed by atoms with van der Waals surface area (Å²) >= 11 is 1.76. The van der Waals surface area contributed by atoms with Crippen LogP contribution < -0.4 is 5.73 Å². The number of rotatable bonds is 5. The second kappa shape index (κ2) is 5.52.